The van der Waals surface area contributed by atoms with Crippen LogP contribution in [0, 0.1) is 20.8 Å². The van der Waals surface area contributed by atoms with E-state index in [1.165, 1.54) is 0 Å². The molecule has 1 aliphatic rings. The average molecular weight is 433 g/mol. The van der Waals surface area contributed by atoms with Crippen molar-refractivity contribution in [1.82, 2.24) is 9.47 Å². The predicted octanol–water partition coefficient (Wildman–Crippen LogP) is 4.66. The number of aromatic nitrogens is 1. The summed E-state index contributed by atoms with van der Waals surface area (Å²) in [5, 5.41) is 0.199. The highest BCUT2D eigenvalue weighted by atomic mass is 35.5. The molecule has 0 unspecified atom stereocenters. The first kappa shape index (κ1) is 21.2. The van der Waals surface area contributed by atoms with Crippen molar-refractivity contribution in [3.05, 3.63) is 56.7 Å². The molecule has 1 aromatic carbocycles. The van der Waals surface area contributed by atoms with E-state index in [0.29, 0.717) is 5.02 Å². The predicted molar refractivity (Wildman–Crippen MR) is 114 cm³/mol. The van der Waals surface area contributed by atoms with Gasteiger partial charge in [0.1, 0.15) is 6.54 Å². The highest BCUT2D eigenvalue weighted by Crippen LogP contribution is 2.34. The number of imide groups is 1. The summed E-state index contributed by atoms with van der Waals surface area (Å²) in [7, 11) is 0. The number of hydrogen-bond donors (Lipinski definition) is 0. The molecule has 3 rings (SSSR count). The Hall–Kier alpha value is -2.51. The molecular weight excluding hydrogens is 412 g/mol. The molecule has 0 spiro atoms. The van der Waals surface area contributed by atoms with Crippen molar-refractivity contribution in [3.63, 3.8) is 0 Å². The van der Waals surface area contributed by atoms with Crippen LogP contribution >= 0.6 is 23.4 Å². The third-order valence-electron chi connectivity index (χ3n) is 4.70. The Balaban J connectivity index is 1.94. The van der Waals surface area contributed by atoms with Gasteiger partial charge in [0.2, 0.25) is 0 Å². The van der Waals surface area contributed by atoms with E-state index in [1.54, 1.807) is 13.0 Å². The summed E-state index contributed by atoms with van der Waals surface area (Å²) < 4.78 is 6.90. The lowest BCUT2D eigenvalue weighted by Gasteiger charge is -2.13. The summed E-state index contributed by atoms with van der Waals surface area (Å²) in [6.07, 6.45) is 1.69. The molecule has 152 valence electrons. The number of esters is 1. The molecule has 1 fully saturated rings. The van der Waals surface area contributed by atoms with Gasteiger partial charge in [-0.3, -0.25) is 19.3 Å². The first-order valence-corrected chi connectivity index (χ1v) is 10.3. The number of amides is 2. The molecule has 1 saturated heterocycles. The summed E-state index contributed by atoms with van der Waals surface area (Å²) in [6, 6.07) is 7.67. The normalized spacial score (nSPS) is 15.5. The molecule has 1 aromatic heterocycles. The molecule has 1 aliphatic heterocycles. The summed E-state index contributed by atoms with van der Waals surface area (Å²) in [6.45, 7) is 7.36. The fourth-order valence-electron chi connectivity index (χ4n) is 3.26. The van der Waals surface area contributed by atoms with Crippen molar-refractivity contribution < 1.29 is 19.1 Å². The highest BCUT2D eigenvalue weighted by molar-refractivity contribution is 8.18. The number of carbonyl (C=O) groups excluding carboxylic acids is 3. The van der Waals surface area contributed by atoms with E-state index in [1.807, 2.05) is 45.0 Å². The molecule has 0 bridgehead atoms. The molecule has 0 N–H and O–H groups in total. The Kier molecular flexibility index (Phi) is 6.19. The number of halogens is 1. The third-order valence-corrected chi connectivity index (χ3v) is 6.02. The van der Waals surface area contributed by atoms with Crippen LogP contribution in [0.15, 0.2) is 29.2 Å². The molecule has 2 amide bonds. The van der Waals surface area contributed by atoms with Gasteiger partial charge in [-0.05, 0) is 74.9 Å². The molecule has 0 aliphatic carbocycles. The number of ether oxygens (including phenoxy) is 1. The van der Waals surface area contributed by atoms with Gasteiger partial charge in [-0.1, -0.05) is 17.7 Å². The van der Waals surface area contributed by atoms with E-state index < -0.39 is 17.1 Å². The third kappa shape index (κ3) is 4.11. The molecule has 0 atom stereocenters. The number of benzene rings is 1. The SMILES string of the molecule is CCOC(=O)CN1C(=O)S/C(=C\c2cc(C)n(-c3cccc(Cl)c3C)c2C)C1=O. The minimum Gasteiger partial charge on any atom is -0.465 e. The van der Waals surface area contributed by atoms with Crippen LogP contribution in [-0.4, -0.2) is 39.7 Å². The van der Waals surface area contributed by atoms with Crippen molar-refractivity contribution in [1.29, 1.82) is 0 Å². The minimum atomic E-state index is -0.606. The van der Waals surface area contributed by atoms with Crippen molar-refractivity contribution in [2.24, 2.45) is 0 Å². The van der Waals surface area contributed by atoms with Gasteiger partial charge >= 0.3 is 5.97 Å². The number of nitrogens with zero attached hydrogens (tertiary/aromatic N) is 2. The Morgan fingerprint density at radius 2 is 1.97 bits per heavy atom. The van der Waals surface area contributed by atoms with Gasteiger partial charge in [-0.15, -0.1) is 0 Å². The smallest absolute Gasteiger partial charge is 0.326 e. The van der Waals surface area contributed by atoms with Crippen molar-refractivity contribution in [2.75, 3.05) is 13.2 Å². The van der Waals surface area contributed by atoms with Gasteiger partial charge in [0, 0.05) is 22.1 Å². The highest BCUT2D eigenvalue weighted by Gasteiger charge is 2.36. The second-order valence-electron chi connectivity index (χ2n) is 6.62. The second-order valence-corrected chi connectivity index (χ2v) is 8.02. The zero-order valence-corrected chi connectivity index (χ0v) is 18.2. The molecule has 0 saturated carbocycles. The fraction of sp³-hybridized carbons (Fsp3) is 0.286. The molecule has 29 heavy (non-hydrogen) atoms. The van der Waals surface area contributed by atoms with Crippen LogP contribution in [0.4, 0.5) is 4.79 Å². The summed E-state index contributed by atoms with van der Waals surface area (Å²) in [5.74, 6) is -1.09. The van der Waals surface area contributed by atoms with Crippen molar-refractivity contribution >= 4 is 46.6 Å². The van der Waals surface area contributed by atoms with Crippen molar-refractivity contribution in [3.8, 4) is 5.69 Å². The Morgan fingerprint density at radius 3 is 2.66 bits per heavy atom. The van der Waals surface area contributed by atoms with Crippen molar-refractivity contribution in [2.45, 2.75) is 27.7 Å². The van der Waals surface area contributed by atoms with E-state index in [9.17, 15) is 14.4 Å². The minimum absolute atomic E-state index is 0.194. The molecule has 0 radical (unpaired) electrons. The van der Waals surface area contributed by atoms with Crippen LogP contribution in [0.1, 0.15) is 29.4 Å². The van der Waals surface area contributed by atoms with E-state index in [2.05, 4.69) is 4.57 Å². The van der Waals surface area contributed by atoms with Crippen LogP contribution in [0.5, 0.6) is 0 Å². The zero-order chi connectivity index (χ0) is 21.3. The van der Waals surface area contributed by atoms with Crippen LogP contribution in [0.3, 0.4) is 0 Å². The van der Waals surface area contributed by atoms with Gasteiger partial charge in [-0.25, -0.2) is 0 Å². The zero-order valence-electron chi connectivity index (χ0n) is 16.6. The topological polar surface area (TPSA) is 68.6 Å². The molecular formula is C21H21ClN2O4S. The summed E-state index contributed by atoms with van der Waals surface area (Å²) >= 11 is 7.10. The number of carbonyl (C=O) groups is 3. The number of aryl methyl sites for hydroxylation is 1. The van der Waals surface area contributed by atoms with Crippen LogP contribution in [0.25, 0.3) is 11.8 Å². The summed E-state index contributed by atoms with van der Waals surface area (Å²) in [4.78, 5) is 37.7. The van der Waals surface area contributed by atoms with E-state index in [0.717, 1.165) is 44.9 Å². The summed E-state index contributed by atoms with van der Waals surface area (Å²) in [5.41, 5.74) is 4.64. The van der Waals surface area contributed by atoms with E-state index in [4.69, 9.17) is 16.3 Å². The Bertz CT molecular complexity index is 1040. The van der Waals surface area contributed by atoms with Crippen LogP contribution in [-0.2, 0) is 14.3 Å². The fourth-order valence-corrected chi connectivity index (χ4v) is 4.25. The van der Waals surface area contributed by atoms with Crippen LogP contribution in [0.2, 0.25) is 5.02 Å². The first-order chi connectivity index (χ1) is 13.7. The molecule has 2 aromatic rings. The largest absolute Gasteiger partial charge is 0.465 e. The van der Waals surface area contributed by atoms with Gasteiger partial charge in [0.25, 0.3) is 11.1 Å². The van der Waals surface area contributed by atoms with Gasteiger partial charge in [-0.2, -0.15) is 0 Å². The van der Waals surface area contributed by atoms with Gasteiger partial charge < -0.3 is 9.30 Å². The molecule has 8 heteroatoms. The number of hydrogen-bond acceptors (Lipinski definition) is 5. The Labute approximate surface area is 178 Å². The average Bonchev–Trinajstić information content (AvgIpc) is 3.08. The lowest BCUT2D eigenvalue weighted by atomic mass is 10.2. The van der Waals surface area contributed by atoms with E-state index >= 15 is 0 Å². The van der Waals surface area contributed by atoms with E-state index in [-0.39, 0.29) is 18.1 Å². The lowest BCUT2D eigenvalue weighted by Crippen LogP contribution is -2.34. The maximum absolute atomic E-state index is 12.6. The lowest BCUT2D eigenvalue weighted by molar-refractivity contribution is -0.145. The number of thioether (sulfide) groups is 1. The maximum atomic E-state index is 12.6. The number of rotatable bonds is 5. The molecule has 2 heterocycles. The monoisotopic (exact) mass is 432 g/mol. The second kappa shape index (κ2) is 8.47. The standard InChI is InChI=1S/C21H21ClN2O4S/c1-5-28-19(25)11-23-20(26)18(29-21(23)27)10-15-9-12(2)24(14(15)4)17-8-6-7-16(22)13(17)3/h6-10H,5,11H2,1-4H3/b18-10-. The van der Waals surface area contributed by atoms with Crippen LogP contribution < -0.4 is 0 Å². The Morgan fingerprint density at radius 1 is 1.24 bits per heavy atom. The maximum Gasteiger partial charge on any atom is 0.326 e. The first-order valence-electron chi connectivity index (χ1n) is 9.10. The van der Waals surface area contributed by atoms with Gasteiger partial charge in [0.05, 0.1) is 11.5 Å². The molecule has 6 nitrogen and oxygen atoms in total. The quantitative estimate of drug-likeness (QED) is 0.508. The van der Waals surface area contributed by atoms with Gasteiger partial charge in [0.15, 0.2) is 0 Å².